The van der Waals surface area contributed by atoms with Gasteiger partial charge in [-0.15, -0.1) is 0 Å². The number of rotatable bonds is 12. The van der Waals surface area contributed by atoms with Crippen molar-refractivity contribution in [2.75, 3.05) is 11.4 Å². The molecule has 0 bridgehead atoms. The largest absolute Gasteiger partial charge is 1.00 e. The van der Waals surface area contributed by atoms with Crippen molar-refractivity contribution in [3.8, 4) is 0 Å². The quantitative estimate of drug-likeness (QED) is 0.0450. The smallest absolute Gasteiger partial charge is 0.744 e. The molecule has 0 saturated heterocycles. The Labute approximate surface area is 339 Å². The Morgan fingerprint density at radius 1 is 0.740 bits per heavy atom. The number of benzene rings is 5. The van der Waals surface area contributed by atoms with Gasteiger partial charge in [-0.05, 0) is 99.8 Å². The van der Waals surface area contributed by atoms with Gasteiger partial charge in [0, 0.05) is 23.7 Å². The Balaban J connectivity index is 0.00000338. The third kappa shape index (κ3) is 11.3. The average Bonchev–Trinajstić information content (AvgIpc) is 3.07. The summed E-state index contributed by atoms with van der Waals surface area (Å²) in [6.45, 7) is 3.00. The molecule has 0 radical (unpaired) electrons. The minimum atomic E-state index is -4.58. The van der Waals surface area contributed by atoms with Gasteiger partial charge in [-0.2, -0.15) is 4.33 Å². The maximum Gasteiger partial charge on any atom is 1.00 e. The summed E-state index contributed by atoms with van der Waals surface area (Å²) in [6, 6.07) is 34.8. The molecule has 10 nitrogen and oxygen atoms in total. The van der Waals surface area contributed by atoms with Gasteiger partial charge < -0.3 is 19.3 Å². The number of nitrogens with zero attached hydrogens (tertiary/aromatic N) is 1. The summed E-state index contributed by atoms with van der Waals surface area (Å²) in [7, 11) is -9.15. The molecule has 5 aromatic carbocycles. The molecule has 0 amide bonds. The maximum absolute atomic E-state index is 11.5. The van der Waals surface area contributed by atoms with Crippen LogP contribution in [-0.2, 0) is 36.2 Å². The van der Waals surface area contributed by atoms with Gasteiger partial charge in [0.1, 0.15) is 20.2 Å². The molecule has 5 rings (SSSR count). The minimum Gasteiger partial charge on any atom is -0.744 e. The molecule has 15 heteroatoms. The van der Waals surface area contributed by atoms with Crippen molar-refractivity contribution in [1.29, 1.82) is 0 Å². The first-order valence-corrected chi connectivity index (χ1v) is 18.0. The van der Waals surface area contributed by atoms with E-state index in [0.29, 0.717) is 29.1 Å². The number of hydrogen-bond donors (Lipinski definition) is 0. The van der Waals surface area contributed by atoms with Gasteiger partial charge >= 0.3 is 59.1 Å². The Bertz CT molecular complexity index is 2230. The van der Waals surface area contributed by atoms with Crippen LogP contribution in [0.25, 0.3) is 11.6 Å². The zero-order chi connectivity index (χ0) is 34.3. The molecule has 0 aliphatic rings. The zero-order valence-electron chi connectivity index (χ0n) is 27.4. The van der Waals surface area contributed by atoms with E-state index in [9.17, 15) is 31.2 Å². The van der Waals surface area contributed by atoms with Crippen LogP contribution in [0, 0.1) is 0 Å². The van der Waals surface area contributed by atoms with Gasteiger partial charge in [0.15, 0.2) is 0 Å². The Morgan fingerprint density at radius 3 is 1.86 bits per heavy atom. The van der Waals surface area contributed by atoms with Gasteiger partial charge in [0.2, 0.25) is 0 Å². The molecule has 248 valence electrons. The Kier molecular flexibility index (Phi) is 16.0. The van der Waals surface area contributed by atoms with Crippen LogP contribution in [0.3, 0.4) is 0 Å². The van der Waals surface area contributed by atoms with Crippen LogP contribution in [0.4, 0.5) is 5.69 Å². The Hall–Kier alpha value is -2.31. The van der Waals surface area contributed by atoms with E-state index in [-0.39, 0.29) is 68.9 Å². The summed E-state index contributed by atoms with van der Waals surface area (Å²) >= 11 is 0.787. The fourth-order valence-corrected chi connectivity index (χ4v) is 6.59. The number of anilines is 1. The summed E-state index contributed by atoms with van der Waals surface area (Å²) in [5.74, 6) is 0. The van der Waals surface area contributed by atoms with Crippen molar-refractivity contribution in [3.63, 3.8) is 0 Å². The maximum atomic E-state index is 11.5. The average molecular weight is 749 g/mol. The first-order chi connectivity index (χ1) is 22.9. The van der Waals surface area contributed by atoms with Gasteiger partial charge in [-0.25, -0.2) is 16.8 Å². The van der Waals surface area contributed by atoms with E-state index in [0.717, 1.165) is 44.9 Å². The first kappa shape index (κ1) is 42.1. The molecule has 0 unspecified atom stereocenters. The topological polar surface area (TPSA) is 159 Å². The van der Waals surface area contributed by atoms with Gasteiger partial charge in [-0.3, -0.25) is 5.04 Å². The SMILES string of the molecule is CCN(Cc1cccc(S(=O)(=O)[O-])c1)c1ccc(C(c2ccc(SOO[O-])cc2)=c2ccc(=Cc3cccc(S(=O)(=O)[O-])c3)cc2)cc1.[Na+].[Na+]. The third-order valence-electron chi connectivity index (χ3n) is 7.44. The summed E-state index contributed by atoms with van der Waals surface area (Å²) in [4.78, 5) is 2.15. The normalized spacial score (nSPS) is 11.2. The predicted molar refractivity (Wildman–Crippen MR) is 177 cm³/mol. The molecule has 0 aliphatic carbocycles. The molecule has 0 aliphatic heterocycles. The van der Waals surface area contributed by atoms with E-state index in [1.54, 1.807) is 36.4 Å². The molecule has 0 heterocycles. The second kappa shape index (κ2) is 19.0. The van der Waals surface area contributed by atoms with E-state index in [1.165, 1.54) is 30.3 Å². The van der Waals surface area contributed by atoms with Crippen molar-refractivity contribution >= 4 is 49.6 Å². The molecule has 5 aromatic rings. The van der Waals surface area contributed by atoms with Gasteiger partial charge in [0.05, 0.1) is 21.8 Å². The first-order valence-electron chi connectivity index (χ1n) is 14.5. The van der Waals surface area contributed by atoms with Crippen LogP contribution < -0.4 is 79.7 Å². The van der Waals surface area contributed by atoms with Crippen molar-refractivity contribution in [3.05, 3.63) is 154 Å². The summed E-state index contributed by atoms with van der Waals surface area (Å²) in [5.41, 5.74) is 4.83. The van der Waals surface area contributed by atoms with Gasteiger partial charge in [-0.1, -0.05) is 72.8 Å². The molecule has 0 N–H and O–H groups in total. The van der Waals surface area contributed by atoms with E-state index in [2.05, 4.69) is 14.3 Å². The molecule has 0 spiro atoms. The summed E-state index contributed by atoms with van der Waals surface area (Å²) in [6.07, 6.45) is 1.78. The monoisotopic (exact) mass is 748 g/mol. The zero-order valence-corrected chi connectivity index (χ0v) is 33.8. The standard InChI is InChI=1S/C35H31NO9S3.2Na/c1-2-36(24-27-6-4-8-34(23-27)48(41,42)43)31-17-13-29(14-18-31)35(30-15-19-32(20-16-30)46-45-44-37)28-11-9-25(10-12-28)21-26-5-3-7-33(22-26)47(38,39)40;;/h3-23,37H,2,24H2,1H3,(H,38,39,40)(H,41,42,43);;/q;2*+1/p-3. The summed E-state index contributed by atoms with van der Waals surface area (Å²) < 4.78 is 73.4. The van der Waals surface area contributed by atoms with E-state index < -0.39 is 20.2 Å². The summed E-state index contributed by atoms with van der Waals surface area (Å²) in [5, 5.41) is 15.4. The van der Waals surface area contributed by atoms with Crippen LogP contribution in [0.2, 0.25) is 0 Å². The van der Waals surface area contributed by atoms with E-state index >= 15 is 0 Å². The fraction of sp³-hybridized carbons (Fsp3) is 0.0857. The number of hydrogen-bond acceptors (Lipinski definition) is 11. The second-order valence-corrected chi connectivity index (χ2v) is 14.1. The van der Waals surface area contributed by atoms with Crippen molar-refractivity contribution in [1.82, 2.24) is 0 Å². The van der Waals surface area contributed by atoms with Crippen LogP contribution in [0.1, 0.15) is 29.2 Å². The van der Waals surface area contributed by atoms with E-state index in [1.807, 2.05) is 67.6 Å². The van der Waals surface area contributed by atoms with Crippen molar-refractivity contribution in [2.24, 2.45) is 0 Å². The molecular formula is C35H28NNa2O9S3-. The van der Waals surface area contributed by atoms with Crippen LogP contribution >= 0.6 is 12.0 Å². The van der Waals surface area contributed by atoms with Crippen molar-refractivity contribution < 1.29 is 99.7 Å². The molecular weight excluding hydrogens is 721 g/mol. The Morgan fingerprint density at radius 2 is 1.30 bits per heavy atom. The fourth-order valence-electron chi connectivity index (χ4n) is 5.17. The molecule has 0 saturated carbocycles. The minimum absolute atomic E-state index is 0. The van der Waals surface area contributed by atoms with E-state index in [4.69, 9.17) is 0 Å². The molecule has 0 fully saturated rings. The second-order valence-electron chi connectivity index (χ2n) is 10.6. The molecule has 0 aromatic heterocycles. The van der Waals surface area contributed by atoms with Gasteiger partial charge in [0.25, 0.3) is 0 Å². The molecule has 0 atom stereocenters. The molecule has 50 heavy (non-hydrogen) atoms. The van der Waals surface area contributed by atoms with Crippen LogP contribution in [-0.4, -0.2) is 32.5 Å². The van der Waals surface area contributed by atoms with Crippen LogP contribution in [0.5, 0.6) is 0 Å². The van der Waals surface area contributed by atoms with Crippen LogP contribution in [0.15, 0.2) is 136 Å². The third-order valence-corrected chi connectivity index (χ3v) is 9.69. The predicted octanol–water partition coefficient (Wildman–Crippen LogP) is -2.16. The van der Waals surface area contributed by atoms with Crippen molar-refractivity contribution in [2.45, 2.75) is 28.2 Å².